The third-order valence-electron chi connectivity index (χ3n) is 4.12. The molecule has 2 aromatic rings. The quantitative estimate of drug-likeness (QED) is 0.335. The molecular weight excluding hydrogens is 424 g/mol. The molecule has 0 heterocycles. The van der Waals surface area contributed by atoms with Crippen LogP contribution in [0.15, 0.2) is 48.5 Å². The minimum atomic E-state index is -1.23. The number of carbonyl (C=O) groups excluding carboxylic acids is 4. The first-order chi connectivity index (χ1) is 15.2. The number of hydrogen-bond acceptors (Lipinski definition) is 8. The molecule has 0 bridgehead atoms. The van der Waals surface area contributed by atoms with Gasteiger partial charge in [0.2, 0.25) is 0 Å². The van der Waals surface area contributed by atoms with Crippen molar-refractivity contribution >= 4 is 35.8 Å². The van der Waals surface area contributed by atoms with Crippen LogP contribution >= 0.6 is 0 Å². The Kier molecular flexibility index (Phi) is 8.35. The highest BCUT2D eigenvalue weighted by Crippen LogP contribution is 2.11. The van der Waals surface area contributed by atoms with Crippen LogP contribution in [0.3, 0.4) is 0 Å². The van der Waals surface area contributed by atoms with E-state index in [1.807, 2.05) is 0 Å². The number of carboxylic acid groups (broad SMARTS) is 2. The lowest BCUT2D eigenvalue weighted by Crippen LogP contribution is -2.14. The fourth-order valence-electron chi connectivity index (χ4n) is 2.52. The SMILES string of the molecule is O=C(CCCCC(=O)OC(=O)c1cccc(C(=O)O)c1)OC(=O)c1cccc(C(=O)O)c1. The number of hydrogen-bond donors (Lipinski definition) is 2. The van der Waals surface area contributed by atoms with Crippen molar-refractivity contribution < 1.29 is 48.5 Å². The standard InChI is InChI=1S/C22H18O10/c23-17(31-21(29)15-7-3-5-13(11-15)19(25)26)9-1-2-10-18(24)32-22(30)16-8-4-6-14(12-16)20(27)28/h3-8,11-12H,1-2,9-10H2,(H,25,26)(H,27,28). The predicted octanol–water partition coefficient (Wildman–Crippen LogP) is 2.71. The largest absolute Gasteiger partial charge is 0.478 e. The molecule has 10 nitrogen and oxygen atoms in total. The maximum Gasteiger partial charge on any atom is 0.345 e. The molecule has 0 amide bonds. The molecule has 0 aliphatic rings. The van der Waals surface area contributed by atoms with Gasteiger partial charge in [-0.3, -0.25) is 9.59 Å². The zero-order chi connectivity index (χ0) is 23.7. The van der Waals surface area contributed by atoms with Crippen molar-refractivity contribution in [2.45, 2.75) is 25.7 Å². The van der Waals surface area contributed by atoms with E-state index in [0.29, 0.717) is 0 Å². The average molecular weight is 442 g/mol. The summed E-state index contributed by atoms with van der Waals surface area (Å²) in [5.74, 6) is -6.16. The molecular formula is C22H18O10. The van der Waals surface area contributed by atoms with E-state index in [0.717, 1.165) is 12.1 Å². The van der Waals surface area contributed by atoms with Crippen LogP contribution in [0, 0.1) is 0 Å². The smallest absolute Gasteiger partial charge is 0.345 e. The van der Waals surface area contributed by atoms with Crippen LogP contribution in [-0.4, -0.2) is 46.0 Å². The van der Waals surface area contributed by atoms with Crippen LogP contribution in [0.5, 0.6) is 0 Å². The number of carbonyl (C=O) groups is 6. The third kappa shape index (κ3) is 7.17. The molecule has 32 heavy (non-hydrogen) atoms. The average Bonchev–Trinajstić information content (AvgIpc) is 2.76. The Morgan fingerprint density at radius 2 is 0.938 bits per heavy atom. The number of ether oxygens (including phenoxy) is 2. The molecule has 2 rings (SSSR count). The van der Waals surface area contributed by atoms with Crippen LogP contribution in [0.25, 0.3) is 0 Å². The van der Waals surface area contributed by atoms with E-state index < -0.39 is 35.8 Å². The minimum absolute atomic E-state index is 0.0905. The molecule has 0 aromatic heterocycles. The fourth-order valence-corrected chi connectivity index (χ4v) is 2.52. The van der Waals surface area contributed by atoms with Crippen LogP contribution in [0.4, 0.5) is 0 Å². The van der Waals surface area contributed by atoms with Crippen LogP contribution in [0.1, 0.15) is 67.1 Å². The highest BCUT2D eigenvalue weighted by Gasteiger charge is 2.17. The number of aromatic carboxylic acids is 2. The monoisotopic (exact) mass is 442 g/mol. The van der Waals surface area contributed by atoms with E-state index in [2.05, 4.69) is 9.47 Å². The number of rotatable bonds is 9. The van der Waals surface area contributed by atoms with E-state index in [1.165, 1.54) is 36.4 Å². The summed E-state index contributed by atoms with van der Waals surface area (Å²) >= 11 is 0. The molecule has 0 saturated heterocycles. The summed E-state index contributed by atoms with van der Waals surface area (Å²) in [7, 11) is 0. The maximum atomic E-state index is 11.9. The Balaban J connectivity index is 1.73. The fraction of sp³-hybridized carbons (Fsp3) is 0.182. The second-order valence-electron chi connectivity index (χ2n) is 6.50. The molecule has 2 N–H and O–H groups in total. The van der Waals surface area contributed by atoms with Gasteiger partial charge in [-0.2, -0.15) is 0 Å². The van der Waals surface area contributed by atoms with E-state index in [4.69, 9.17) is 10.2 Å². The van der Waals surface area contributed by atoms with Gasteiger partial charge in [-0.05, 0) is 49.2 Å². The Morgan fingerprint density at radius 1 is 0.594 bits per heavy atom. The van der Waals surface area contributed by atoms with Gasteiger partial charge < -0.3 is 19.7 Å². The lowest BCUT2D eigenvalue weighted by Gasteiger charge is -2.05. The number of benzene rings is 2. The predicted molar refractivity (Wildman–Crippen MR) is 106 cm³/mol. The van der Waals surface area contributed by atoms with Gasteiger partial charge in [0.25, 0.3) is 0 Å². The molecule has 0 radical (unpaired) electrons. The molecule has 0 saturated carbocycles. The van der Waals surface area contributed by atoms with Crippen molar-refractivity contribution in [2.24, 2.45) is 0 Å². The molecule has 0 unspecified atom stereocenters. The summed E-state index contributed by atoms with van der Waals surface area (Å²) in [6, 6.07) is 10.0. The van der Waals surface area contributed by atoms with E-state index >= 15 is 0 Å². The Morgan fingerprint density at radius 3 is 1.28 bits per heavy atom. The highest BCUT2D eigenvalue weighted by molar-refractivity contribution is 6.00. The van der Waals surface area contributed by atoms with Gasteiger partial charge in [0.1, 0.15) is 0 Å². The van der Waals surface area contributed by atoms with E-state index in [1.54, 1.807) is 0 Å². The molecule has 0 aliphatic carbocycles. The Labute approximate surface area is 181 Å². The highest BCUT2D eigenvalue weighted by atomic mass is 16.6. The van der Waals surface area contributed by atoms with Crippen LogP contribution < -0.4 is 0 Å². The summed E-state index contributed by atoms with van der Waals surface area (Å²) in [4.78, 5) is 69.2. The van der Waals surface area contributed by atoms with Crippen molar-refractivity contribution in [3.8, 4) is 0 Å². The van der Waals surface area contributed by atoms with Gasteiger partial charge in [0.05, 0.1) is 22.3 Å². The van der Waals surface area contributed by atoms with Crippen molar-refractivity contribution in [1.82, 2.24) is 0 Å². The number of esters is 4. The molecule has 10 heteroatoms. The van der Waals surface area contributed by atoms with Gasteiger partial charge in [-0.1, -0.05) is 12.1 Å². The van der Waals surface area contributed by atoms with Crippen LogP contribution in [0.2, 0.25) is 0 Å². The van der Waals surface area contributed by atoms with Gasteiger partial charge in [-0.25, -0.2) is 19.2 Å². The maximum absolute atomic E-state index is 11.9. The van der Waals surface area contributed by atoms with Crippen molar-refractivity contribution in [3.05, 3.63) is 70.8 Å². The Hall–Kier alpha value is -4.34. The summed E-state index contributed by atoms with van der Waals surface area (Å²) in [6.07, 6.45) is -0.0450. The van der Waals surface area contributed by atoms with Crippen molar-refractivity contribution in [1.29, 1.82) is 0 Å². The van der Waals surface area contributed by atoms with Gasteiger partial charge >= 0.3 is 35.8 Å². The summed E-state index contributed by atoms with van der Waals surface area (Å²) in [5.41, 5.74) is -0.441. The first-order valence-corrected chi connectivity index (χ1v) is 9.34. The Bertz CT molecular complexity index is 984. The number of carboxylic acids is 2. The molecule has 0 atom stereocenters. The van der Waals surface area contributed by atoms with E-state index in [-0.39, 0.29) is 47.9 Å². The molecule has 0 fully saturated rings. The molecule has 2 aromatic carbocycles. The molecule has 0 aliphatic heterocycles. The summed E-state index contributed by atoms with van der Waals surface area (Å²) < 4.78 is 9.28. The summed E-state index contributed by atoms with van der Waals surface area (Å²) in [5, 5.41) is 17.8. The van der Waals surface area contributed by atoms with Gasteiger partial charge in [0.15, 0.2) is 0 Å². The number of unbranched alkanes of at least 4 members (excludes halogenated alkanes) is 1. The zero-order valence-corrected chi connectivity index (χ0v) is 16.6. The first kappa shape index (κ1) is 23.9. The third-order valence-corrected chi connectivity index (χ3v) is 4.12. The van der Waals surface area contributed by atoms with Crippen molar-refractivity contribution in [2.75, 3.05) is 0 Å². The van der Waals surface area contributed by atoms with Gasteiger partial charge in [-0.15, -0.1) is 0 Å². The summed E-state index contributed by atoms with van der Waals surface area (Å²) in [6.45, 7) is 0. The normalized spacial score (nSPS) is 10.1. The second-order valence-corrected chi connectivity index (χ2v) is 6.50. The lowest BCUT2D eigenvalue weighted by atomic mass is 10.1. The lowest BCUT2D eigenvalue weighted by molar-refractivity contribution is -0.140. The zero-order valence-electron chi connectivity index (χ0n) is 16.6. The first-order valence-electron chi connectivity index (χ1n) is 9.34. The van der Waals surface area contributed by atoms with Crippen molar-refractivity contribution in [3.63, 3.8) is 0 Å². The minimum Gasteiger partial charge on any atom is -0.478 e. The topological polar surface area (TPSA) is 161 Å². The molecule has 166 valence electrons. The van der Waals surface area contributed by atoms with Crippen LogP contribution in [-0.2, 0) is 19.1 Å². The van der Waals surface area contributed by atoms with Gasteiger partial charge in [0, 0.05) is 12.8 Å². The molecule has 0 spiro atoms. The second kappa shape index (κ2) is 11.2. The van der Waals surface area contributed by atoms with E-state index in [9.17, 15) is 28.8 Å².